The van der Waals surface area contributed by atoms with Crippen molar-refractivity contribution in [3.8, 4) is 0 Å². The van der Waals surface area contributed by atoms with Gasteiger partial charge in [-0.25, -0.2) is 9.59 Å². The molecule has 0 amide bonds. The van der Waals surface area contributed by atoms with E-state index < -0.39 is 5.97 Å². The summed E-state index contributed by atoms with van der Waals surface area (Å²) in [7, 11) is 0. The maximum Gasteiger partial charge on any atom is 0.330 e. The van der Waals surface area contributed by atoms with Crippen LogP contribution >= 0.6 is 0 Å². The number of carboxylic acids is 1. The van der Waals surface area contributed by atoms with Crippen molar-refractivity contribution in [3.05, 3.63) is 72.9 Å². The van der Waals surface area contributed by atoms with E-state index in [4.69, 9.17) is 9.84 Å². The fraction of sp³-hybridized carbons (Fsp3) is 0.759. The van der Waals surface area contributed by atoms with Crippen molar-refractivity contribution in [2.75, 3.05) is 6.61 Å². The third-order valence-electron chi connectivity index (χ3n) is 11.6. The van der Waals surface area contributed by atoms with Crippen molar-refractivity contribution < 1.29 is 19.4 Å². The van der Waals surface area contributed by atoms with Gasteiger partial charge in [-0.2, -0.15) is 0 Å². The number of allylic oxidation sites excluding steroid dienone is 10. The molecule has 0 heterocycles. The van der Waals surface area contributed by atoms with Crippen molar-refractivity contribution in [2.24, 2.45) is 0 Å². The topological polar surface area (TPSA) is 63.6 Å². The second kappa shape index (κ2) is 58.4. The quantitative estimate of drug-likeness (QED) is 0.0286. The highest BCUT2D eigenvalue weighted by Gasteiger charge is 1.98. The normalized spacial score (nSPS) is 12.0. The van der Waals surface area contributed by atoms with Gasteiger partial charge in [-0.15, -0.1) is 0 Å². The van der Waals surface area contributed by atoms with Crippen molar-refractivity contribution in [3.63, 3.8) is 0 Å². The minimum Gasteiger partial charge on any atom is -0.478 e. The van der Waals surface area contributed by atoms with E-state index in [9.17, 15) is 9.59 Å². The predicted molar refractivity (Wildman–Crippen MR) is 275 cm³/mol. The summed E-state index contributed by atoms with van der Waals surface area (Å²) in [5, 5.41) is 8.40. The Labute approximate surface area is 387 Å². The summed E-state index contributed by atoms with van der Waals surface area (Å²) in [6.07, 6.45) is 76.4. The molecule has 62 heavy (non-hydrogen) atoms. The van der Waals surface area contributed by atoms with Crippen LogP contribution in [0.1, 0.15) is 278 Å². The van der Waals surface area contributed by atoms with Crippen LogP contribution in [0.3, 0.4) is 0 Å². The lowest BCUT2D eigenvalue weighted by Gasteiger charge is -2.04. The molecule has 1 N–H and O–H groups in total. The second-order valence-corrected chi connectivity index (χ2v) is 17.8. The molecule has 0 aromatic rings. The standard InChI is InChI=1S/C38H70O2.C20H34O2/c1-3-5-7-9-11-13-15-17-19-21-22-24-26-28-30-32-34-36-38(39)40-37-35-33-31-29-27-25-23-20-18-16-14-12-10-8-6-4-2;1-2-3-4-5-6-7-8-9-10-11-12-13-14-15-16-17-18-19-20(21)22/h26,28,30,32,34,36H,3-25,27,29,31,33,35,37H2,1-2H3;14-19H,2-13H2,1H3,(H,21,22). The number of hydrogen-bond acceptors (Lipinski definition) is 3. The Balaban J connectivity index is 0. The minimum atomic E-state index is -0.908. The number of esters is 1. The van der Waals surface area contributed by atoms with Crippen LogP contribution in [-0.2, 0) is 14.3 Å². The molecule has 4 heteroatoms. The summed E-state index contributed by atoms with van der Waals surface area (Å²) >= 11 is 0. The Morgan fingerprint density at radius 3 is 0.887 bits per heavy atom. The monoisotopic (exact) mass is 865 g/mol. The molecule has 0 aromatic heterocycles. The van der Waals surface area contributed by atoms with Crippen LogP contribution in [0.25, 0.3) is 0 Å². The highest BCUT2D eigenvalue weighted by atomic mass is 16.5. The molecule has 0 radical (unpaired) electrons. The lowest BCUT2D eigenvalue weighted by Crippen LogP contribution is -2.02. The van der Waals surface area contributed by atoms with Gasteiger partial charge in [0.05, 0.1) is 6.61 Å². The lowest BCUT2D eigenvalue weighted by atomic mass is 10.0. The number of aliphatic carboxylic acids is 1. The first-order valence-corrected chi connectivity index (χ1v) is 27.0. The number of carbonyl (C=O) groups excluding carboxylic acids is 1. The van der Waals surface area contributed by atoms with Crippen LogP contribution in [-0.4, -0.2) is 23.7 Å². The van der Waals surface area contributed by atoms with Crippen LogP contribution in [0.4, 0.5) is 0 Å². The Kier molecular flexibility index (Phi) is 57.9. The minimum absolute atomic E-state index is 0.226. The Hall–Kier alpha value is -2.62. The van der Waals surface area contributed by atoms with Crippen molar-refractivity contribution in [1.82, 2.24) is 0 Å². The highest BCUT2D eigenvalue weighted by molar-refractivity contribution is 5.82. The molecule has 0 saturated heterocycles. The van der Waals surface area contributed by atoms with Gasteiger partial charge in [0.15, 0.2) is 0 Å². The number of rotatable bonds is 47. The van der Waals surface area contributed by atoms with Gasteiger partial charge in [-0.3, -0.25) is 0 Å². The van der Waals surface area contributed by atoms with E-state index in [1.807, 2.05) is 24.3 Å². The molecule has 0 bridgehead atoms. The average Bonchev–Trinajstić information content (AvgIpc) is 3.27. The van der Waals surface area contributed by atoms with E-state index in [0.29, 0.717) is 6.61 Å². The van der Waals surface area contributed by atoms with Gasteiger partial charge in [-0.1, -0.05) is 306 Å². The zero-order chi connectivity index (χ0) is 45.3. The van der Waals surface area contributed by atoms with E-state index in [2.05, 4.69) is 39.0 Å². The number of ether oxygens (including phenoxy) is 1. The van der Waals surface area contributed by atoms with E-state index in [1.54, 1.807) is 12.2 Å². The summed E-state index contributed by atoms with van der Waals surface area (Å²) in [5.41, 5.74) is 0. The maximum absolute atomic E-state index is 11.8. The van der Waals surface area contributed by atoms with Crippen molar-refractivity contribution in [2.45, 2.75) is 278 Å². The predicted octanol–water partition coefficient (Wildman–Crippen LogP) is 19.6. The first-order chi connectivity index (χ1) is 30.6. The third kappa shape index (κ3) is 61.7. The van der Waals surface area contributed by atoms with Crippen LogP contribution in [0, 0.1) is 0 Å². The summed E-state index contributed by atoms with van der Waals surface area (Å²) in [6.45, 7) is 7.38. The summed E-state index contributed by atoms with van der Waals surface area (Å²) in [6, 6.07) is 0. The van der Waals surface area contributed by atoms with E-state index >= 15 is 0 Å². The molecule has 0 aliphatic carbocycles. The smallest absolute Gasteiger partial charge is 0.330 e. The summed E-state index contributed by atoms with van der Waals surface area (Å²) in [4.78, 5) is 22.0. The molecule has 0 atom stereocenters. The Morgan fingerprint density at radius 1 is 0.323 bits per heavy atom. The third-order valence-corrected chi connectivity index (χ3v) is 11.6. The van der Waals surface area contributed by atoms with Gasteiger partial charge in [0.2, 0.25) is 0 Å². The van der Waals surface area contributed by atoms with Crippen LogP contribution < -0.4 is 0 Å². The van der Waals surface area contributed by atoms with E-state index in [0.717, 1.165) is 25.3 Å². The van der Waals surface area contributed by atoms with Gasteiger partial charge in [0.25, 0.3) is 0 Å². The Morgan fingerprint density at radius 2 is 0.581 bits per heavy atom. The maximum atomic E-state index is 11.8. The number of carboxylic acid groups (broad SMARTS) is 1. The van der Waals surface area contributed by atoms with Gasteiger partial charge in [-0.05, 0) is 32.1 Å². The number of hydrogen-bond donors (Lipinski definition) is 1. The first-order valence-electron chi connectivity index (χ1n) is 27.0. The number of carbonyl (C=O) groups is 2. The zero-order valence-electron chi connectivity index (χ0n) is 41.6. The van der Waals surface area contributed by atoms with E-state index in [1.165, 1.54) is 250 Å². The molecule has 0 rings (SSSR count). The molecule has 0 aliphatic heterocycles. The highest BCUT2D eigenvalue weighted by Crippen LogP contribution is 2.15. The van der Waals surface area contributed by atoms with E-state index in [-0.39, 0.29) is 5.97 Å². The Bertz CT molecular complexity index is 1060. The molecular formula is C58H104O4. The molecular weight excluding hydrogens is 761 g/mol. The van der Waals surface area contributed by atoms with Crippen molar-refractivity contribution in [1.29, 1.82) is 0 Å². The first kappa shape index (κ1) is 61.5. The summed E-state index contributed by atoms with van der Waals surface area (Å²) < 4.78 is 5.31. The molecule has 4 nitrogen and oxygen atoms in total. The van der Waals surface area contributed by atoms with Gasteiger partial charge in [0, 0.05) is 12.2 Å². The van der Waals surface area contributed by atoms with Crippen LogP contribution in [0.5, 0.6) is 0 Å². The van der Waals surface area contributed by atoms with Gasteiger partial charge < -0.3 is 9.84 Å². The zero-order valence-corrected chi connectivity index (χ0v) is 41.6. The van der Waals surface area contributed by atoms with Gasteiger partial charge >= 0.3 is 11.9 Å². The lowest BCUT2D eigenvalue weighted by molar-refractivity contribution is -0.138. The van der Waals surface area contributed by atoms with Crippen LogP contribution in [0.2, 0.25) is 0 Å². The van der Waals surface area contributed by atoms with Crippen molar-refractivity contribution >= 4 is 11.9 Å². The second-order valence-electron chi connectivity index (χ2n) is 17.8. The molecule has 0 aliphatic rings. The van der Waals surface area contributed by atoms with Crippen LogP contribution in [0.15, 0.2) is 72.9 Å². The average molecular weight is 865 g/mol. The van der Waals surface area contributed by atoms with Gasteiger partial charge in [0.1, 0.15) is 0 Å². The molecule has 360 valence electrons. The molecule has 0 aromatic carbocycles. The SMILES string of the molecule is CCCCCCCCCCCCCC=CC=CC=CC(=O)O.CCCCCCCCCCCCCC=CC=CC=CC(=O)OCCCCCCCCCCCCCCCCCC. The fourth-order valence-corrected chi connectivity index (χ4v) is 7.60. The molecule has 0 spiro atoms. The molecule has 0 saturated carbocycles. The largest absolute Gasteiger partial charge is 0.478 e. The number of unbranched alkanes of at least 4 members (excludes halogenated alkanes) is 37. The fourth-order valence-electron chi connectivity index (χ4n) is 7.60. The molecule has 0 unspecified atom stereocenters. The molecule has 0 fully saturated rings. The summed E-state index contributed by atoms with van der Waals surface area (Å²) in [5.74, 6) is -1.13.